The number of amides is 1. The van der Waals surface area contributed by atoms with Crippen LogP contribution in [0.3, 0.4) is 0 Å². The van der Waals surface area contributed by atoms with E-state index in [4.69, 9.17) is 9.26 Å². The highest BCUT2D eigenvalue weighted by Crippen LogP contribution is 2.42. The molecule has 0 bridgehead atoms. The summed E-state index contributed by atoms with van der Waals surface area (Å²) in [6.07, 6.45) is 8.92. The topological polar surface area (TPSA) is 90.1 Å². The smallest absolute Gasteiger partial charge is 0.273 e. The summed E-state index contributed by atoms with van der Waals surface area (Å²) in [6, 6.07) is 2.02. The monoisotopic (exact) mass is 382 g/mol. The minimum Gasteiger partial charge on any atom is -0.491 e. The highest BCUT2D eigenvalue weighted by Gasteiger charge is 2.36. The van der Waals surface area contributed by atoms with Crippen molar-refractivity contribution in [3.05, 3.63) is 35.2 Å². The second-order valence-corrected chi connectivity index (χ2v) is 8.47. The van der Waals surface area contributed by atoms with E-state index in [1.165, 1.54) is 31.2 Å². The number of aryl methyl sites for hydroxylation is 1. The molecule has 1 unspecified atom stereocenters. The molecule has 1 amide bonds. The summed E-state index contributed by atoms with van der Waals surface area (Å²) in [5, 5.41) is 7.09. The lowest BCUT2D eigenvalue weighted by Gasteiger charge is -2.15. The Morgan fingerprint density at radius 1 is 1.29 bits per heavy atom. The van der Waals surface area contributed by atoms with Crippen LogP contribution in [-0.4, -0.2) is 34.2 Å². The highest BCUT2D eigenvalue weighted by atomic mass is 16.5. The number of nitrogens with zero attached hydrogens (tertiary/aromatic N) is 3. The molecule has 3 fully saturated rings. The fourth-order valence-electron chi connectivity index (χ4n) is 3.59. The van der Waals surface area contributed by atoms with Gasteiger partial charge in [0.05, 0.1) is 6.61 Å². The van der Waals surface area contributed by atoms with Crippen molar-refractivity contribution in [2.24, 2.45) is 11.8 Å². The SMILES string of the molecule is Cc1nc(C(CNC(=O)c2ncc(C3CC3)cc2OCC2CC2)C2CC2)no1. The molecular formula is C21H26N4O3. The Kier molecular flexibility index (Phi) is 4.53. The fourth-order valence-corrected chi connectivity index (χ4v) is 3.59. The second-order valence-electron chi connectivity index (χ2n) is 8.47. The number of pyridine rings is 1. The average molecular weight is 382 g/mol. The van der Waals surface area contributed by atoms with E-state index in [1.54, 1.807) is 6.92 Å². The van der Waals surface area contributed by atoms with Crippen LogP contribution in [0.25, 0.3) is 0 Å². The summed E-state index contributed by atoms with van der Waals surface area (Å²) in [5.74, 6) is 3.46. The van der Waals surface area contributed by atoms with Gasteiger partial charge in [0.1, 0.15) is 0 Å². The molecule has 1 N–H and O–H groups in total. The molecule has 2 heterocycles. The first-order valence-electron chi connectivity index (χ1n) is 10.4. The Labute approximate surface area is 164 Å². The van der Waals surface area contributed by atoms with Crippen molar-refractivity contribution in [1.82, 2.24) is 20.4 Å². The lowest BCUT2D eigenvalue weighted by molar-refractivity contribution is 0.0939. The first-order chi connectivity index (χ1) is 13.7. The molecule has 1 atom stereocenters. The van der Waals surface area contributed by atoms with E-state index in [0.29, 0.717) is 54.1 Å². The summed E-state index contributed by atoms with van der Waals surface area (Å²) in [6.45, 7) is 2.94. The number of ether oxygens (including phenoxy) is 1. The zero-order valence-corrected chi connectivity index (χ0v) is 16.2. The number of aromatic nitrogens is 3. The van der Waals surface area contributed by atoms with Crippen LogP contribution < -0.4 is 10.1 Å². The van der Waals surface area contributed by atoms with Crippen LogP contribution in [0, 0.1) is 18.8 Å². The van der Waals surface area contributed by atoms with Crippen LogP contribution in [0.2, 0.25) is 0 Å². The molecule has 3 saturated carbocycles. The molecular weight excluding hydrogens is 356 g/mol. The third-order valence-electron chi connectivity index (χ3n) is 5.86. The third-order valence-corrected chi connectivity index (χ3v) is 5.86. The minimum absolute atomic E-state index is 0.0861. The van der Waals surface area contributed by atoms with Gasteiger partial charge in [0.15, 0.2) is 17.3 Å². The Balaban J connectivity index is 1.29. The predicted octanol–water partition coefficient (Wildman–Crippen LogP) is 3.36. The predicted molar refractivity (Wildman–Crippen MR) is 101 cm³/mol. The van der Waals surface area contributed by atoms with E-state index in [1.807, 2.05) is 12.3 Å². The zero-order valence-electron chi connectivity index (χ0n) is 16.2. The number of rotatable bonds is 9. The average Bonchev–Trinajstić information content (AvgIpc) is 3.53. The van der Waals surface area contributed by atoms with Gasteiger partial charge in [-0.3, -0.25) is 4.79 Å². The Morgan fingerprint density at radius 2 is 2.11 bits per heavy atom. The minimum atomic E-state index is -0.195. The van der Waals surface area contributed by atoms with Crippen LogP contribution in [0.1, 0.15) is 78.1 Å². The van der Waals surface area contributed by atoms with Crippen molar-refractivity contribution in [2.75, 3.05) is 13.2 Å². The van der Waals surface area contributed by atoms with Crippen molar-refractivity contribution in [1.29, 1.82) is 0 Å². The molecule has 3 aliphatic rings. The maximum atomic E-state index is 12.9. The van der Waals surface area contributed by atoms with Gasteiger partial charge in [-0.1, -0.05) is 5.16 Å². The fraction of sp³-hybridized carbons (Fsp3) is 0.619. The molecule has 0 aliphatic heterocycles. The highest BCUT2D eigenvalue weighted by molar-refractivity contribution is 5.95. The molecule has 2 aromatic rings. The van der Waals surface area contributed by atoms with Gasteiger partial charge < -0.3 is 14.6 Å². The van der Waals surface area contributed by atoms with Crippen LogP contribution in [-0.2, 0) is 0 Å². The first-order valence-corrected chi connectivity index (χ1v) is 10.4. The second kappa shape index (κ2) is 7.18. The number of nitrogens with one attached hydrogen (secondary N) is 1. The van der Waals surface area contributed by atoms with Gasteiger partial charge in [0.2, 0.25) is 5.89 Å². The van der Waals surface area contributed by atoms with Gasteiger partial charge in [0.25, 0.3) is 5.91 Å². The Hall–Kier alpha value is -2.44. The van der Waals surface area contributed by atoms with E-state index in [9.17, 15) is 4.79 Å². The van der Waals surface area contributed by atoms with Gasteiger partial charge in [-0.2, -0.15) is 4.98 Å². The number of carbonyl (C=O) groups excluding carboxylic acids is 1. The van der Waals surface area contributed by atoms with Crippen LogP contribution in [0.4, 0.5) is 0 Å². The van der Waals surface area contributed by atoms with Crippen LogP contribution >= 0.6 is 0 Å². The van der Waals surface area contributed by atoms with Gasteiger partial charge in [-0.05, 0) is 67.9 Å². The van der Waals surface area contributed by atoms with Crippen molar-refractivity contribution in [3.63, 3.8) is 0 Å². The summed E-state index contributed by atoms with van der Waals surface area (Å²) < 4.78 is 11.1. The molecule has 0 radical (unpaired) electrons. The molecule has 3 aliphatic carbocycles. The normalized spacial score (nSPS) is 20.0. The summed E-state index contributed by atoms with van der Waals surface area (Å²) in [7, 11) is 0. The van der Waals surface area contributed by atoms with E-state index >= 15 is 0 Å². The number of carbonyl (C=O) groups is 1. The van der Waals surface area contributed by atoms with E-state index < -0.39 is 0 Å². The molecule has 0 spiro atoms. The van der Waals surface area contributed by atoms with Crippen LogP contribution in [0.5, 0.6) is 5.75 Å². The van der Waals surface area contributed by atoms with E-state index in [0.717, 1.165) is 12.8 Å². The Bertz CT molecular complexity index is 868. The standard InChI is InChI=1S/C21H26N4O3/c1-12-24-20(25-28-12)17(15-6-7-15)10-23-21(26)19-18(27-11-13-2-3-13)8-16(9-22-19)14-4-5-14/h8-9,13-15,17H,2-7,10-11H2,1H3,(H,23,26). The summed E-state index contributed by atoms with van der Waals surface area (Å²) >= 11 is 0. The molecule has 28 heavy (non-hydrogen) atoms. The molecule has 2 aromatic heterocycles. The van der Waals surface area contributed by atoms with Gasteiger partial charge in [-0.25, -0.2) is 4.98 Å². The maximum absolute atomic E-state index is 12.9. The lowest BCUT2D eigenvalue weighted by atomic mass is 10.0. The largest absolute Gasteiger partial charge is 0.491 e. The molecule has 7 nitrogen and oxygen atoms in total. The summed E-state index contributed by atoms with van der Waals surface area (Å²) in [4.78, 5) is 21.7. The zero-order chi connectivity index (χ0) is 19.1. The van der Waals surface area contributed by atoms with Gasteiger partial charge in [0, 0.05) is 25.6 Å². The molecule has 7 heteroatoms. The van der Waals surface area contributed by atoms with Crippen LogP contribution in [0.15, 0.2) is 16.8 Å². The quantitative estimate of drug-likeness (QED) is 0.715. The van der Waals surface area contributed by atoms with E-state index in [-0.39, 0.29) is 11.8 Å². The molecule has 0 aromatic carbocycles. The van der Waals surface area contributed by atoms with E-state index in [2.05, 4.69) is 20.4 Å². The first kappa shape index (κ1) is 17.6. The summed E-state index contributed by atoms with van der Waals surface area (Å²) in [5.41, 5.74) is 1.56. The van der Waals surface area contributed by atoms with Crippen molar-refractivity contribution in [3.8, 4) is 5.75 Å². The number of hydrogen-bond acceptors (Lipinski definition) is 6. The lowest BCUT2D eigenvalue weighted by Crippen LogP contribution is -2.30. The van der Waals surface area contributed by atoms with Crippen molar-refractivity contribution >= 4 is 5.91 Å². The molecule has 148 valence electrons. The van der Waals surface area contributed by atoms with Crippen molar-refractivity contribution < 1.29 is 14.1 Å². The molecule has 5 rings (SSSR count). The van der Waals surface area contributed by atoms with Gasteiger partial charge in [-0.15, -0.1) is 0 Å². The molecule has 0 saturated heterocycles. The maximum Gasteiger partial charge on any atom is 0.273 e. The van der Waals surface area contributed by atoms with Gasteiger partial charge >= 0.3 is 0 Å². The number of hydrogen-bond donors (Lipinski definition) is 1. The Morgan fingerprint density at radius 3 is 2.75 bits per heavy atom. The van der Waals surface area contributed by atoms with Crippen molar-refractivity contribution in [2.45, 2.75) is 57.3 Å². The third kappa shape index (κ3) is 4.03.